The van der Waals surface area contributed by atoms with Crippen LogP contribution in [0.5, 0.6) is 0 Å². The van der Waals surface area contributed by atoms with E-state index in [4.69, 9.17) is 4.74 Å². The zero-order valence-corrected chi connectivity index (χ0v) is 10.5. The Hall–Kier alpha value is -1.35. The fraction of sp³-hybridized carbons (Fsp3) is 0.533. The first-order chi connectivity index (χ1) is 8.83. The van der Waals surface area contributed by atoms with Crippen LogP contribution < -0.4 is 5.32 Å². The Morgan fingerprint density at radius 1 is 1.17 bits per heavy atom. The second-order valence-corrected chi connectivity index (χ2v) is 5.25. The molecule has 0 saturated heterocycles. The molecular formula is C15H19NO2. The third kappa shape index (κ3) is 2.41. The molecule has 3 heteroatoms. The molecule has 1 atom stereocenters. The van der Waals surface area contributed by atoms with Gasteiger partial charge < -0.3 is 10.1 Å². The number of rotatable bonds is 2. The predicted octanol–water partition coefficient (Wildman–Crippen LogP) is 2.19. The Morgan fingerprint density at radius 2 is 1.89 bits per heavy atom. The van der Waals surface area contributed by atoms with Crippen molar-refractivity contribution in [2.45, 2.75) is 50.8 Å². The van der Waals surface area contributed by atoms with Crippen molar-refractivity contribution < 1.29 is 9.53 Å². The number of ether oxygens (including phenoxy) is 1. The summed E-state index contributed by atoms with van der Waals surface area (Å²) in [6.45, 7) is 0.764. The second-order valence-electron chi connectivity index (χ2n) is 5.25. The summed E-state index contributed by atoms with van der Waals surface area (Å²) in [6.07, 6.45) is 5.38. The molecule has 18 heavy (non-hydrogen) atoms. The largest absolute Gasteiger partial charge is 0.461 e. The van der Waals surface area contributed by atoms with E-state index in [1.54, 1.807) is 0 Å². The third-order valence-corrected chi connectivity index (χ3v) is 3.95. The minimum atomic E-state index is -0.166. The summed E-state index contributed by atoms with van der Waals surface area (Å²) in [7, 11) is 0. The van der Waals surface area contributed by atoms with Gasteiger partial charge in [-0.2, -0.15) is 0 Å². The lowest BCUT2D eigenvalue weighted by Crippen LogP contribution is -2.43. The molecule has 1 N–H and O–H groups in total. The second kappa shape index (κ2) is 5.11. The van der Waals surface area contributed by atoms with Gasteiger partial charge in [-0.25, -0.2) is 0 Å². The predicted molar refractivity (Wildman–Crippen MR) is 69.1 cm³/mol. The van der Waals surface area contributed by atoms with Crippen molar-refractivity contribution in [1.29, 1.82) is 0 Å². The van der Waals surface area contributed by atoms with Crippen molar-refractivity contribution in [3.05, 3.63) is 35.4 Å². The molecule has 1 fully saturated rings. The SMILES string of the molecule is O=C(OC1CCCC1)C1Cc2ccccc2CN1. The average Bonchev–Trinajstić information content (AvgIpc) is 2.91. The number of carbonyl (C=O) groups is 1. The van der Waals surface area contributed by atoms with Crippen LogP contribution in [-0.4, -0.2) is 18.1 Å². The van der Waals surface area contributed by atoms with Gasteiger partial charge >= 0.3 is 5.97 Å². The monoisotopic (exact) mass is 245 g/mol. The molecule has 1 aromatic carbocycles. The van der Waals surface area contributed by atoms with Gasteiger partial charge in [-0.05, 0) is 43.2 Å². The summed E-state index contributed by atoms with van der Waals surface area (Å²) in [4.78, 5) is 12.1. The lowest BCUT2D eigenvalue weighted by molar-refractivity contribution is -0.151. The van der Waals surface area contributed by atoms with Crippen LogP contribution in [0.1, 0.15) is 36.8 Å². The van der Waals surface area contributed by atoms with E-state index >= 15 is 0 Å². The summed E-state index contributed by atoms with van der Waals surface area (Å²) in [5.74, 6) is -0.0728. The summed E-state index contributed by atoms with van der Waals surface area (Å²) in [5, 5.41) is 3.27. The van der Waals surface area contributed by atoms with E-state index in [0.717, 1.165) is 25.8 Å². The van der Waals surface area contributed by atoms with E-state index in [-0.39, 0.29) is 18.1 Å². The van der Waals surface area contributed by atoms with E-state index in [1.807, 2.05) is 12.1 Å². The van der Waals surface area contributed by atoms with Crippen molar-refractivity contribution in [2.24, 2.45) is 0 Å². The number of hydrogen-bond acceptors (Lipinski definition) is 3. The van der Waals surface area contributed by atoms with Gasteiger partial charge in [0.2, 0.25) is 0 Å². The fourth-order valence-electron chi connectivity index (χ4n) is 2.87. The van der Waals surface area contributed by atoms with Crippen LogP contribution in [0.4, 0.5) is 0 Å². The minimum absolute atomic E-state index is 0.0728. The van der Waals surface area contributed by atoms with Gasteiger partial charge in [0.25, 0.3) is 0 Å². The average molecular weight is 245 g/mol. The molecule has 1 aromatic rings. The van der Waals surface area contributed by atoms with Crippen molar-refractivity contribution in [3.8, 4) is 0 Å². The molecule has 1 aliphatic heterocycles. The number of nitrogens with one attached hydrogen (secondary N) is 1. The van der Waals surface area contributed by atoms with Gasteiger partial charge in [0.1, 0.15) is 12.1 Å². The summed E-state index contributed by atoms with van der Waals surface area (Å²) in [5.41, 5.74) is 2.56. The quantitative estimate of drug-likeness (QED) is 0.812. The van der Waals surface area contributed by atoms with Crippen LogP contribution in [0.25, 0.3) is 0 Å². The molecule has 3 nitrogen and oxygen atoms in total. The Kier molecular flexibility index (Phi) is 3.33. The molecular weight excluding hydrogens is 226 g/mol. The van der Waals surface area contributed by atoms with E-state index in [9.17, 15) is 4.79 Å². The molecule has 0 spiro atoms. The number of carbonyl (C=O) groups excluding carboxylic acids is 1. The highest BCUT2D eigenvalue weighted by Gasteiger charge is 2.28. The third-order valence-electron chi connectivity index (χ3n) is 3.95. The molecule has 1 aliphatic carbocycles. The number of benzene rings is 1. The van der Waals surface area contributed by atoms with Gasteiger partial charge in [-0.3, -0.25) is 4.79 Å². The Balaban J connectivity index is 1.62. The molecule has 1 heterocycles. The Bertz CT molecular complexity index is 438. The van der Waals surface area contributed by atoms with E-state index in [1.165, 1.54) is 24.0 Å². The molecule has 1 unspecified atom stereocenters. The fourth-order valence-corrected chi connectivity index (χ4v) is 2.87. The molecule has 96 valence electrons. The molecule has 2 aliphatic rings. The van der Waals surface area contributed by atoms with Crippen LogP contribution >= 0.6 is 0 Å². The zero-order valence-electron chi connectivity index (χ0n) is 10.5. The zero-order chi connectivity index (χ0) is 12.4. The highest BCUT2D eigenvalue weighted by molar-refractivity contribution is 5.77. The molecule has 3 rings (SSSR count). The van der Waals surface area contributed by atoms with E-state index in [0.29, 0.717) is 0 Å². The van der Waals surface area contributed by atoms with E-state index < -0.39 is 0 Å². The van der Waals surface area contributed by atoms with Gasteiger partial charge in [0, 0.05) is 6.54 Å². The van der Waals surface area contributed by atoms with Crippen LogP contribution in [0.3, 0.4) is 0 Å². The smallest absolute Gasteiger partial charge is 0.323 e. The molecule has 0 aromatic heterocycles. The van der Waals surface area contributed by atoms with Gasteiger partial charge in [0.15, 0.2) is 0 Å². The van der Waals surface area contributed by atoms with Crippen molar-refractivity contribution >= 4 is 5.97 Å². The van der Waals surface area contributed by atoms with Gasteiger partial charge in [-0.15, -0.1) is 0 Å². The normalized spacial score (nSPS) is 23.7. The van der Waals surface area contributed by atoms with Crippen molar-refractivity contribution in [3.63, 3.8) is 0 Å². The maximum absolute atomic E-state index is 12.1. The lowest BCUT2D eigenvalue weighted by atomic mass is 9.96. The summed E-state index contributed by atoms with van der Waals surface area (Å²) in [6, 6.07) is 8.12. The van der Waals surface area contributed by atoms with Crippen LogP contribution in [0.15, 0.2) is 24.3 Å². The van der Waals surface area contributed by atoms with Crippen molar-refractivity contribution in [2.75, 3.05) is 0 Å². The van der Waals surface area contributed by atoms with Gasteiger partial charge in [0.05, 0.1) is 0 Å². The first kappa shape index (κ1) is 11.7. The summed E-state index contributed by atoms with van der Waals surface area (Å²) >= 11 is 0. The van der Waals surface area contributed by atoms with Crippen LogP contribution in [0, 0.1) is 0 Å². The van der Waals surface area contributed by atoms with Gasteiger partial charge in [-0.1, -0.05) is 24.3 Å². The molecule has 0 amide bonds. The van der Waals surface area contributed by atoms with Crippen LogP contribution in [-0.2, 0) is 22.5 Å². The molecule has 0 radical (unpaired) electrons. The summed E-state index contributed by atoms with van der Waals surface area (Å²) < 4.78 is 5.56. The van der Waals surface area contributed by atoms with E-state index in [2.05, 4.69) is 17.4 Å². The first-order valence-corrected chi connectivity index (χ1v) is 6.83. The highest BCUT2D eigenvalue weighted by Crippen LogP contribution is 2.23. The number of hydrogen-bond donors (Lipinski definition) is 1. The number of esters is 1. The number of fused-ring (bicyclic) bond motifs is 1. The highest BCUT2D eigenvalue weighted by atomic mass is 16.5. The lowest BCUT2D eigenvalue weighted by Gasteiger charge is -2.25. The minimum Gasteiger partial charge on any atom is -0.461 e. The maximum Gasteiger partial charge on any atom is 0.323 e. The topological polar surface area (TPSA) is 38.3 Å². The Morgan fingerprint density at radius 3 is 2.67 bits per heavy atom. The maximum atomic E-state index is 12.1. The standard InChI is InChI=1S/C15H19NO2/c17-15(18-13-7-3-4-8-13)14-9-11-5-1-2-6-12(11)10-16-14/h1-2,5-6,13-14,16H,3-4,7-10H2. The Labute approximate surface area is 108 Å². The first-order valence-electron chi connectivity index (χ1n) is 6.83. The van der Waals surface area contributed by atoms with Crippen LogP contribution in [0.2, 0.25) is 0 Å². The van der Waals surface area contributed by atoms with Crippen molar-refractivity contribution in [1.82, 2.24) is 5.32 Å². The molecule has 1 saturated carbocycles. The molecule has 0 bridgehead atoms.